The maximum absolute atomic E-state index is 12.2. The summed E-state index contributed by atoms with van der Waals surface area (Å²) in [4.78, 5) is 18.4. The molecule has 0 amide bonds. The van der Waals surface area contributed by atoms with Crippen molar-refractivity contribution in [1.29, 1.82) is 0 Å². The van der Waals surface area contributed by atoms with Crippen molar-refractivity contribution >= 4 is 59.5 Å². The number of aromatic nitrogens is 1. The summed E-state index contributed by atoms with van der Waals surface area (Å²) in [5, 5.41) is 19.5. The predicted octanol–water partition coefficient (Wildman–Crippen LogP) is 14.9. The van der Waals surface area contributed by atoms with Gasteiger partial charge in [-0.3, -0.25) is 9.78 Å². The molecule has 0 bridgehead atoms. The third-order valence-electron chi connectivity index (χ3n) is 11.5. The summed E-state index contributed by atoms with van der Waals surface area (Å²) in [5.41, 5.74) is 6.81. The number of rotatable bonds is 11. The molecule has 3 aromatic heterocycles. The number of benzene rings is 3. The summed E-state index contributed by atoms with van der Waals surface area (Å²) >= 11 is 3.57. The van der Waals surface area contributed by atoms with E-state index >= 15 is 0 Å². The first-order valence-electron chi connectivity index (χ1n) is 19.4. The first-order chi connectivity index (χ1) is 25.1. The van der Waals surface area contributed by atoms with E-state index < -0.39 is 0 Å². The molecule has 0 saturated heterocycles. The number of hydrogen-bond donors (Lipinski definition) is 1. The van der Waals surface area contributed by atoms with E-state index in [-0.39, 0.29) is 47.9 Å². The summed E-state index contributed by atoms with van der Waals surface area (Å²) in [6, 6.07) is 26.1. The largest absolute Gasteiger partial charge is 0.512 e. The quantitative estimate of drug-likeness (QED) is 0.0800. The third-order valence-corrected chi connectivity index (χ3v) is 13.3. The van der Waals surface area contributed by atoms with Gasteiger partial charge in [-0.15, -0.1) is 51.8 Å². The van der Waals surface area contributed by atoms with Crippen molar-refractivity contribution in [2.24, 2.45) is 16.7 Å². The Labute approximate surface area is 345 Å². The normalized spacial score (nSPS) is 12.6. The van der Waals surface area contributed by atoms with Crippen LogP contribution in [0.3, 0.4) is 0 Å². The van der Waals surface area contributed by atoms with Gasteiger partial charge in [-0.05, 0) is 83.0 Å². The first kappa shape index (κ1) is 43.6. The summed E-state index contributed by atoms with van der Waals surface area (Å²) in [5.74, 6) is 0.923. The fraction of sp³-hybridized carbons (Fsp3) is 0.417. The van der Waals surface area contributed by atoms with Gasteiger partial charge in [0.05, 0.1) is 0 Å². The van der Waals surface area contributed by atoms with Crippen molar-refractivity contribution in [3.05, 3.63) is 100 Å². The molecule has 0 saturated carbocycles. The van der Waals surface area contributed by atoms with E-state index in [0.29, 0.717) is 5.92 Å². The van der Waals surface area contributed by atoms with E-state index in [1.807, 2.05) is 52.9 Å². The molecule has 1 radical (unpaired) electrons. The molecule has 6 rings (SSSR count). The Morgan fingerprint density at radius 1 is 0.796 bits per heavy atom. The summed E-state index contributed by atoms with van der Waals surface area (Å²) < 4.78 is 1.41. The number of aliphatic hydroxyl groups is 1. The molecular weight excluding hydrogens is 879 g/mol. The van der Waals surface area contributed by atoms with Gasteiger partial charge in [0.25, 0.3) is 0 Å². The van der Waals surface area contributed by atoms with Crippen LogP contribution in [0, 0.1) is 22.8 Å². The number of carbonyl (C=O) groups excluding carboxylic acids is 1. The molecule has 0 spiro atoms. The van der Waals surface area contributed by atoms with Crippen LogP contribution in [0.5, 0.6) is 0 Å². The Balaban J connectivity index is 0.000000309. The summed E-state index contributed by atoms with van der Waals surface area (Å²) in [7, 11) is 0. The van der Waals surface area contributed by atoms with Crippen LogP contribution < -0.4 is 0 Å². The van der Waals surface area contributed by atoms with Gasteiger partial charge in [-0.25, -0.2) is 0 Å². The van der Waals surface area contributed by atoms with Crippen LogP contribution in [0.4, 0.5) is 0 Å². The van der Waals surface area contributed by atoms with Crippen molar-refractivity contribution in [3.8, 4) is 22.4 Å². The fourth-order valence-electron chi connectivity index (χ4n) is 6.94. The molecule has 289 valence electrons. The number of fused-ring (bicyclic) bond motifs is 3. The fourth-order valence-corrected chi connectivity index (χ4v) is 8.67. The third kappa shape index (κ3) is 9.10. The van der Waals surface area contributed by atoms with Crippen molar-refractivity contribution in [1.82, 2.24) is 4.98 Å². The second kappa shape index (κ2) is 17.8. The minimum absolute atomic E-state index is 0. The molecule has 1 N–H and O–H groups in total. The van der Waals surface area contributed by atoms with Gasteiger partial charge < -0.3 is 5.11 Å². The van der Waals surface area contributed by atoms with E-state index in [0.717, 1.165) is 53.6 Å². The molecule has 0 unspecified atom stereocenters. The number of ketones is 1. The minimum atomic E-state index is -0.337. The monoisotopic (exact) mass is 937 g/mol. The zero-order valence-electron chi connectivity index (χ0n) is 34.1. The Kier molecular flexibility index (Phi) is 14.3. The molecule has 0 aliphatic heterocycles. The molecule has 3 nitrogen and oxygen atoms in total. The summed E-state index contributed by atoms with van der Waals surface area (Å²) in [6.45, 7) is 23.5. The maximum atomic E-state index is 12.2. The number of aliphatic hydroxyl groups excluding tert-OH is 1. The van der Waals surface area contributed by atoms with E-state index in [1.54, 1.807) is 11.3 Å². The van der Waals surface area contributed by atoms with Crippen LogP contribution in [0.25, 0.3) is 53.5 Å². The molecular formula is C48H58IrNO2S2-. The Morgan fingerprint density at radius 2 is 1.43 bits per heavy atom. The van der Waals surface area contributed by atoms with Crippen LogP contribution in [-0.4, -0.2) is 15.9 Å². The second-order valence-corrected chi connectivity index (χ2v) is 18.4. The van der Waals surface area contributed by atoms with E-state index in [9.17, 15) is 9.90 Å². The smallest absolute Gasteiger partial charge is 0.164 e. The van der Waals surface area contributed by atoms with Crippen molar-refractivity contribution in [3.63, 3.8) is 0 Å². The van der Waals surface area contributed by atoms with Gasteiger partial charge in [0.1, 0.15) is 10.6 Å². The molecule has 0 aliphatic rings. The number of carbonyl (C=O) groups is 1. The van der Waals surface area contributed by atoms with Crippen LogP contribution >= 0.6 is 22.7 Å². The number of nitrogens with zero attached hydrogens (tertiary/aromatic N) is 1. The van der Waals surface area contributed by atoms with Gasteiger partial charge in [0, 0.05) is 58.2 Å². The molecule has 6 aromatic rings. The average Bonchev–Trinajstić information content (AvgIpc) is 3.84. The average molecular weight is 937 g/mol. The molecule has 6 heteroatoms. The topological polar surface area (TPSA) is 50.2 Å². The second-order valence-electron chi connectivity index (χ2n) is 16.5. The number of hydrogen-bond acceptors (Lipinski definition) is 5. The Bertz CT molecular complexity index is 2240. The standard InChI is InChI=1S/C33H30NS2.C15H28O2.Ir/c1-20(2)16-22-10-11-25(26-12-14-35-31(22)26)28-19-30(34-32-27(28)13-15-36-32)23-17-21-8-6-7-9-24(21)29(18-23)33(3,4)5;1-7-14(5,8-2)12(16)11-13(17)15(6,9-3)10-4;/h6-15,18-20H,16H2,1-5H3;11,16H,7-10H2,1-6H3;/q-1;;/b;12-11-;. The maximum Gasteiger partial charge on any atom is 0.164 e. The van der Waals surface area contributed by atoms with Crippen LogP contribution in [-0.2, 0) is 36.7 Å². The molecule has 0 fully saturated rings. The van der Waals surface area contributed by atoms with Crippen LogP contribution in [0.2, 0.25) is 0 Å². The van der Waals surface area contributed by atoms with E-state index in [2.05, 4.69) is 112 Å². The zero-order valence-corrected chi connectivity index (χ0v) is 38.1. The van der Waals surface area contributed by atoms with Crippen molar-refractivity contribution in [2.45, 2.75) is 114 Å². The minimum Gasteiger partial charge on any atom is -0.512 e. The van der Waals surface area contributed by atoms with E-state index in [4.69, 9.17) is 4.98 Å². The number of pyridine rings is 1. The SMILES string of the molecule is CC(C)Cc1ccc(-c2cc(-c3[c-]c4ccccc4c(C(C)(C)C)c3)nc3sccc23)c2ccsc12.CCC(C)(CC)C(=O)/C=C(\O)C(C)(CC)CC.[Ir]. The van der Waals surface area contributed by atoms with Crippen LogP contribution in [0.15, 0.2) is 83.3 Å². The molecule has 0 aliphatic carbocycles. The zero-order chi connectivity index (χ0) is 38.7. The molecule has 3 aromatic carbocycles. The van der Waals surface area contributed by atoms with Gasteiger partial charge in [0.15, 0.2) is 5.78 Å². The Morgan fingerprint density at radius 3 is 2.06 bits per heavy atom. The summed E-state index contributed by atoms with van der Waals surface area (Å²) in [6.07, 6.45) is 5.86. The van der Waals surface area contributed by atoms with Gasteiger partial charge in [-0.1, -0.05) is 124 Å². The molecule has 54 heavy (non-hydrogen) atoms. The predicted molar refractivity (Wildman–Crippen MR) is 233 cm³/mol. The number of allylic oxidation sites excluding steroid dienone is 2. The van der Waals surface area contributed by atoms with Gasteiger partial charge in [-0.2, -0.15) is 0 Å². The van der Waals surface area contributed by atoms with E-state index in [1.165, 1.54) is 49.2 Å². The first-order valence-corrected chi connectivity index (χ1v) is 21.1. The number of thiophene rings is 2. The van der Waals surface area contributed by atoms with Crippen molar-refractivity contribution < 1.29 is 30.0 Å². The molecule has 0 atom stereocenters. The van der Waals surface area contributed by atoms with Gasteiger partial charge in [0.2, 0.25) is 0 Å². The van der Waals surface area contributed by atoms with Crippen molar-refractivity contribution in [2.75, 3.05) is 0 Å². The molecule has 3 heterocycles. The van der Waals surface area contributed by atoms with Crippen LogP contribution in [0.1, 0.15) is 113 Å². The Hall–Kier alpha value is -3.15. The van der Waals surface area contributed by atoms with Gasteiger partial charge >= 0.3 is 0 Å².